The third-order valence-electron chi connectivity index (χ3n) is 5.52. The molecular formula is C28H37NO3. The van der Waals surface area contributed by atoms with Crippen molar-refractivity contribution in [2.75, 3.05) is 5.32 Å². The van der Waals surface area contributed by atoms with Gasteiger partial charge in [0.25, 0.3) is 5.91 Å². The summed E-state index contributed by atoms with van der Waals surface area (Å²) in [4.78, 5) is 13.1. The zero-order valence-electron chi connectivity index (χ0n) is 19.9. The lowest BCUT2D eigenvalue weighted by Gasteiger charge is -2.16. The number of unbranched alkanes of at least 4 members (excludes halogenated alkanes) is 2. The van der Waals surface area contributed by atoms with Crippen LogP contribution in [0, 0.1) is 0 Å². The van der Waals surface area contributed by atoms with Crippen molar-refractivity contribution in [1.29, 1.82) is 0 Å². The molecule has 0 fully saturated rings. The highest BCUT2D eigenvalue weighted by atomic mass is 16.3. The summed E-state index contributed by atoms with van der Waals surface area (Å²) in [5, 5.41) is 24.6. The summed E-state index contributed by atoms with van der Waals surface area (Å²) >= 11 is 0. The number of anilines is 1. The van der Waals surface area contributed by atoms with Gasteiger partial charge in [0.15, 0.2) is 0 Å². The van der Waals surface area contributed by atoms with Crippen molar-refractivity contribution in [2.45, 2.75) is 72.6 Å². The van der Waals surface area contributed by atoms with Crippen LogP contribution in [0.15, 0.2) is 59.7 Å². The molecule has 172 valence electrons. The van der Waals surface area contributed by atoms with E-state index in [1.54, 1.807) is 6.07 Å². The lowest BCUT2D eigenvalue weighted by Crippen LogP contribution is -2.15. The Morgan fingerprint density at radius 2 is 1.75 bits per heavy atom. The molecule has 0 aliphatic carbocycles. The molecule has 32 heavy (non-hydrogen) atoms. The maximum atomic E-state index is 13.1. The van der Waals surface area contributed by atoms with Crippen LogP contribution in [-0.4, -0.2) is 16.1 Å². The number of amides is 1. The third-order valence-corrected chi connectivity index (χ3v) is 5.52. The first-order valence-corrected chi connectivity index (χ1v) is 11.6. The van der Waals surface area contributed by atoms with Crippen molar-refractivity contribution >= 4 is 11.6 Å². The third kappa shape index (κ3) is 7.60. The Labute approximate surface area is 192 Å². The zero-order chi connectivity index (χ0) is 23.5. The van der Waals surface area contributed by atoms with Gasteiger partial charge in [0.2, 0.25) is 0 Å². The molecule has 4 nitrogen and oxygen atoms in total. The molecule has 2 rings (SSSR count). The fourth-order valence-corrected chi connectivity index (χ4v) is 3.65. The summed E-state index contributed by atoms with van der Waals surface area (Å²) in [6, 6.07) is 10.9. The van der Waals surface area contributed by atoms with Crippen LogP contribution in [0.2, 0.25) is 0 Å². The first-order valence-electron chi connectivity index (χ1n) is 11.6. The van der Waals surface area contributed by atoms with Gasteiger partial charge >= 0.3 is 0 Å². The predicted octanol–water partition coefficient (Wildman–Crippen LogP) is 7.32. The monoisotopic (exact) mass is 435 g/mol. The van der Waals surface area contributed by atoms with Gasteiger partial charge in [-0.25, -0.2) is 0 Å². The van der Waals surface area contributed by atoms with E-state index in [-0.39, 0.29) is 23.0 Å². The van der Waals surface area contributed by atoms with Gasteiger partial charge in [0, 0.05) is 11.3 Å². The van der Waals surface area contributed by atoms with Crippen LogP contribution in [0.25, 0.3) is 0 Å². The normalized spacial score (nSPS) is 11.3. The van der Waals surface area contributed by atoms with Gasteiger partial charge in [-0.1, -0.05) is 61.3 Å². The van der Waals surface area contributed by atoms with Crippen LogP contribution in [0.5, 0.6) is 11.5 Å². The molecule has 0 heterocycles. The number of rotatable bonds is 11. The van der Waals surface area contributed by atoms with E-state index in [4.69, 9.17) is 0 Å². The molecule has 4 heteroatoms. The SMILES string of the molecule is CCCCCc1cc(O)c(C/C=C(\C)CCC=C(C)C)c(O)c1C(=O)Nc1ccccc1. The Morgan fingerprint density at radius 3 is 2.41 bits per heavy atom. The number of hydrogen-bond acceptors (Lipinski definition) is 3. The average molecular weight is 436 g/mol. The summed E-state index contributed by atoms with van der Waals surface area (Å²) in [5.74, 6) is -0.442. The smallest absolute Gasteiger partial charge is 0.259 e. The van der Waals surface area contributed by atoms with Gasteiger partial charge in [-0.15, -0.1) is 0 Å². The number of phenols is 2. The highest BCUT2D eigenvalue weighted by molar-refractivity contribution is 6.07. The van der Waals surface area contributed by atoms with E-state index < -0.39 is 0 Å². The molecule has 0 atom stereocenters. The summed E-state index contributed by atoms with van der Waals surface area (Å²) < 4.78 is 0. The molecule has 3 N–H and O–H groups in total. The zero-order valence-corrected chi connectivity index (χ0v) is 19.9. The predicted molar refractivity (Wildman–Crippen MR) is 134 cm³/mol. The van der Waals surface area contributed by atoms with Crippen LogP contribution < -0.4 is 5.32 Å². The second kappa shape index (κ2) is 12.7. The molecule has 0 saturated carbocycles. The summed E-state index contributed by atoms with van der Waals surface area (Å²) in [5.41, 5.74) is 4.47. The number of hydrogen-bond donors (Lipinski definition) is 3. The topological polar surface area (TPSA) is 69.6 Å². The lowest BCUT2D eigenvalue weighted by molar-refractivity contribution is 0.102. The minimum absolute atomic E-state index is 0.0404. The number of carbonyl (C=O) groups excluding carboxylic acids is 1. The van der Waals surface area contributed by atoms with Gasteiger partial charge in [0.1, 0.15) is 11.5 Å². The minimum Gasteiger partial charge on any atom is -0.508 e. The van der Waals surface area contributed by atoms with Crippen molar-refractivity contribution in [3.63, 3.8) is 0 Å². The molecule has 0 aliphatic rings. The van der Waals surface area contributed by atoms with Crippen LogP contribution in [0.4, 0.5) is 5.69 Å². The molecule has 0 aromatic heterocycles. The standard InChI is InChI=1S/C28H37NO3/c1-5-6-8-14-22-19-25(30)24(18-17-21(4)13-11-12-20(2)3)27(31)26(22)28(32)29-23-15-9-7-10-16-23/h7,9-10,12,15-17,19,30-31H,5-6,8,11,13-14,18H2,1-4H3,(H,29,32)/b21-17+. The number of allylic oxidation sites excluding steroid dienone is 4. The fraction of sp³-hybridized carbons (Fsp3) is 0.393. The van der Waals surface area contributed by atoms with E-state index in [0.717, 1.165) is 32.1 Å². The molecule has 2 aromatic carbocycles. The molecule has 0 unspecified atom stereocenters. The number of aryl methyl sites for hydroxylation is 1. The average Bonchev–Trinajstić information content (AvgIpc) is 2.74. The largest absolute Gasteiger partial charge is 0.508 e. The van der Waals surface area contributed by atoms with Crippen LogP contribution in [-0.2, 0) is 12.8 Å². The molecule has 0 spiro atoms. The number of aromatic hydroxyl groups is 2. The van der Waals surface area contributed by atoms with Gasteiger partial charge in [-0.2, -0.15) is 0 Å². The summed E-state index contributed by atoms with van der Waals surface area (Å²) in [6.07, 6.45) is 10.1. The second-order valence-electron chi connectivity index (χ2n) is 8.61. The van der Waals surface area contributed by atoms with E-state index >= 15 is 0 Å². The Kier molecular flexibility index (Phi) is 10.1. The van der Waals surface area contributed by atoms with Crippen molar-refractivity contribution in [1.82, 2.24) is 0 Å². The minimum atomic E-state index is -0.356. The number of phenolic OH excluding ortho intramolecular Hbond substituents is 2. The van der Waals surface area contributed by atoms with Crippen LogP contribution >= 0.6 is 0 Å². The summed E-state index contributed by atoms with van der Waals surface area (Å²) in [6.45, 7) is 8.33. The number of nitrogens with one attached hydrogen (secondary N) is 1. The van der Waals surface area contributed by atoms with Gasteiger partial charge < -0.3 is 15.5 Å². The highest BCUT2D eigenvalue weighted by Gasteiger charge is 2.22. The molecule has 0 bridgehead atoms. The molecule has 0 aliphatic heterocycles. The lowest BCUT2D eigenvalue weighted by atomic mass is 9.94. The quantitative estimate of drug-likeness (QED) is 0.256. The maximum absolute atomic E-state index is 13.1. The second-order valence-corrected chi connectivity index (χ2v) is 8.61. The number of para-hydroxylation sites is 1. The Bertz CT molecular complexity index is 954. The van der Waals surface area contributed by atoms with Gasteiger partial charge in [-0.05, 0) is 76.6 Å². The van der Waals surface area contributed by atoms with E-state index in [1.165, 1.54) is 11.1 Å². The Morgan fingerprint density at radius 1 is 1.03 bits per heavy atom. The van der Waals surface area contributed by atoms with Crippen LogP contribution in [0.3, 0.4) is 0 Å². The summed E-state index contributed by atoms with van der Waals surface area (Å²) in [7, 11) is 0. The Balaban J connectivity index is 2.33. The molecule has 0 radical (unpaired) electrons. The Hall–Kier alpha value is -3.01. The van der Waals surface area contributed by atoms with Gasteiger partial charge in [-0.3, -0.25) is 4.79 Å². The van der Waals surface area contributed by atoms with E-state index in [9.17, 15) is 15.0 Å². The van der Waals surface area contributed by atoms with Crippen LogP contribution in [0.1, 0.15) is 81.3 Å². The van der Waals surface area contributed by atoms with Crippen molar-refractivity contribution < 1.29 is 15.0 Å². The highest BCUT2D eigenvalue weighted by Crippen LogP contribution is 2.36. The van der Waals surface area contributed by atoms with E-state index in [2.05, 4.69) is 39.1 Å². The number of benzene rings is 2. The first-order chi connectivity index (χ1) is 15.3. The van der Waals surface area contributed by atoms with Crippen molar-refractivity contribution in [3.05, 3.63) is 76.4 Å². The molecule has 1 amide bonds. The van der Waals surface area contributed by atoms with Crippen molar-refractivity contribution in [2.24, 2.45) is 0 Å². The number of carbonyl (C=O) groups is 1. The fourth-order valence-electron chi connectivity index (χ4n) is 3.65. The van der Waals surface area contributed by atoms with E-state index in [0.29, 0.717) is 29.7 Å². The maximum Gasteiger partial charge on any atom is 0.259 e. The molecule has 0 saturated heterocycles. The first kappa shape index (κ1) is 25.3. The molecular weight excluding hydrogens is 398 g/mol. The van der Waals surface area contributed by atoms with Gasteiger partial charge in [0.05, 0.1) is 5.56 Å². The van der Waals surface area contributed by atoms with E-state index in [1.807, 2.05) is 36.4 Å². The van der Waals surface area contributed by atoms with Crippen molar-refractivity contribution in [3.8, 4) is 11.5 Å². The molecule has 2 aromatic rings.